The minimum absolute atomic E-state index is 0.00377. The molecule has 2 amide bonds. The van der Waals surface area contributed by atoms with Crippen molar-refractivity contribution in [3.63, 3.8) is 0 Å². The molecule has 4 rings (SSSR count). The Hall–Kier alpha value is -2.78. The Morgan fingerprint density at radius 3 is 2.27 bits per heavy atom. The Labute approximate surface area is 174 Å². The van der Waals surface area contributed by atoms with Crippen molar-refractivity contribution in [2.75, 3.05) is 16.3 Å². The summed E-state index contributed by atoms with van der Waals surface area (Å²) < 4.78 is 37.3. The molecule has 2 aromatic rings. The summed E-state index contributed by atoms with van der Waals surface area (Å²) >= 11 is 0. The quantitative estimate of drug-likeness (QED) is 0.807. The van der Waals surface area contributed by atoms with Gasteiger partial charge in [0.2, 0.25) is 21.8 Å². The van der Waals surface area contributed by atoms with E-state index in [1.807, 2.05) is 6.92 Å². The zero-order valence-electron chi connectivity index (χ0n) is 16.6. The van der Waals surface area contributed by atoms with Gasteiger partial charge >= 0.3 is 0 Å². The number of amides is 2. The summed E-state index contributed by atoms with van der Waals surface area (Å²) in [6.45, 7) is 3.75. The number of halogens is 1. The highest BCUT2D eigenvalue weighted by molar-refractivity contribution is 7.89. The van der Waals surface area contributed by atoms with Gasteiger partial charge in [0.25, 0.3) is 0 Å². The molecule has 2 N–H and O–H groups in total. The van der Waals surface area contributed by atoms with Crippen LogP contribution in [0.15, 0.2) is 41.3 Å². The van der Waals surface area contributed by atoms with E-state index in [1.165, 1.54) is 13.0 Å². The van der Waals surface area contributed by atoms with Crippen molar-refractivity contribution in [3.8, 4) is 11.1 Å². The third-order valence-corrected chi connectivity index (χ3v) is 6.46. The fraction of sp³-hybridized carbons (Fsp3) is 0.333. The lowest BCUT2D eigenvalue weighted by Gasteiger charge is -2.41. The molecule has 7 nitrogen and oxygen atoms in total. The first-order valence-electron chi connectivity index (χ1n) is 9.66. The van der Waals surface area contributed by atoms with E-state index in [-0.39, 0.29) is 23.8 Å². The molecule has 158 valence electrons. The average Bonchev–Trinajstić information content (AvgIpc) is 3.50. The SMILES string of the molecule is CC(=O)N1c2ccc(-c3ccc(S(N)(=O)=O)c(F)c3)cc2N(C(=O)C2CC2)C[C@@H]1C. The van der Waals surface area contributed by atoms with Gasteiger partial charge in [0.05, 0.1) is 17.4 Å². The summed E-state index contributed by atoms with van der Waals surface area (Å²) in [6, 6.07) is 8.71. The number of hydrogen-bond donors (Lipinski definition) is 1. The van der Waals surface area contributed by atoms with Crippen molar-refractivity contribution in [2.45, 2.75) is 37.6 Å². The number of fused-ring (bicyclic) bond motifs is 1. The molecule has 1 aliphatic carbocycles. The molecule has 0 bridgehead atoms. The smallest absolute Gasteiger partial charge is 0.240 e. The van der Waals surface area contributed by atoms with Crippen molar-refractivity contribution >= 4 is 33.2 Å². The van der Waals surface area contributed by atoms with E-state index >= 15 is 0 Å². The Morgan fingerprint density at radius 2 is 1.70 bits per heavy atom. The van der Waals surface area contributed by atoms with Crippen LogP contribution < -0.4 is 14.9 Å². The van der Waals surface area contributed by atoms with Crippen LogP contribution in [-0.2, 0) is 19.6 Å². The molecular formula is C21H22FN3O4S. The Balaban J connectivity index is 1.82. The molecule has 0 aromatic heterocycles. The Morgan fingerprint density at radius 1 is 1.07 bits per heavy atom. The highest BCUT2D eigenvalue weighted by Gasteiger charge is 2.39. The number of nitrogens with two attached hydrogens (primary N) is 1. The predicted molar refractivity (Wildman–Crippen MR) is 111 cm³/mol. The molecule has 1 aliphatic heterocycles. The largest absolute Gasteiger partial charge is 0.308 e. The van der Waals surface area contributed by atoms with Gasteiger partial charge in [0, 0.05) is 19.4 Å². The van der Waals surface area contributed by atoms with E-state index in [2.05, 4.69) is 0 Å². The van der Waals surface area contributed by atoms with Crippen LogP contribution in [0.2, 0.25) is 0 Å². The van der Waals surface area contributed by atoms with Gasteiger partial charge in [-0.3, -0.25) is 9.59 Å². The zero-order chi connectivity index (χ0) is 21.8. The summed E-state index contributed by atoms with van der Waals surface area (Å²) in [5.74, 6) is -1.04. The summed E-state index contributed by atoms with van der Waals surface area (Å²) in [5, 5.41) is 5.03. The monoisotopic (exact) mass is 431 g/mol. The number of rotatable bonds is 3. The standard InChI is InChI=1S/C21H22FN3O4S/c1-12-11-24(21(27)14-3-4-14)19-10-16(5-7-18(19)25(12)13(2)26)15-6-8-20(17(22)9-15)30(23,28)29/h5-10,12,14H,3-4,11H2,1-2H3,(H2,23,28,29)/t12-/m0/s1. The lowest BCUT2D eigenvalue weighted by atomic mass is 10.00. The molecule has 0 spiro atoms. The fourth-order valence-electron chi connectivity index (χ4n) is 3.96. The number of anilines is 2. The van der Waals surface area contributed by atoms with Crippen LogP contribution in [0.5, 0.6) is 0 Å². The molecule has 1 atom stereocenters. The maximum Gasteiger partial charge on any atom is 0.240 e. The molecule has 9 heteroatoms. The lowest BCUT2D eigenvalue weighted by Crippen LogP contribution is -2.51. The molecule has 30 heavy (non-hydrogen) atoms. The van der Waals surface area contributed by atoms with Crippen molar-refractivity contribution in [3.05, 3.63) is 42.2 Å². The number of primary sulfonamides is 1. The van der Waals surface area contributed by atoms with Gasteiger partial charge in [-0.25, -0.2) is 17.9 Å². The molecular weight excluding hydrogens is 409 g/mol. The summed E-state index contributed by atoms with van der Waals surface area (Å²) in [7, 11) is -4.16. The van der Waals surface area contributed by atoms with Crippen LogP contribution in [0, 0.1) is 11.7 Å². The van der Waals surface area contributed by atoms with Gasteiger partial charge in [-0.05, 0) is 55.2 Å². The van der Waals surface area contributed by atoms with E-state index in [9.17, 15) is 22.4 Å². The van der Waals surface area contributed by atoms with Crippen LogP contribution >= 0.6 is 0 Å². The summed E-state index contributed by atoms with van der Waals surface area (Å²) in [4.78, 5) is 27.9. The van der Waals surface area contributed by atoms with Crippen molar-refractivity contribution in [1.29, 1.82) is 0 Å². The minimum Gasteiger partial charge on any atom is -0.308 e. The highest BCUT2D eigenvalue weighted by Crippen LogP contribution is 2.42. The van der Waals surface area contributed by atoms with E-state index in [0.717, 1.165) is 25.0 Å². The molecule has 2 aromatic carbocycles. The molecule has 1 saturated carbocycles. The van der Waals surface area contributed by atoms with E-state index < -0.39 is 20.7 Å². The van der Waals surface area contributed by atoms with E-state index in [0.29, 0.717) is 29.0 Å². The first kappa shape index (κ1) is 20.5. The van der Waals surface area contributed by atoms with Gasteiger partial charge in [-0.1, -0.05) is 12.1 Å². The lowest BCUT2D eigenvalue weighted by molar-refractivity contribution is -0.120. The van der Waals surface area contributed by atoms with Gasteiger partial charge in [0.15, 0.2) is 0 Å². The van der Waals surface area contributed by atoms with Crippen molar-refractivity contribution in [1.82, 2.24) is 0 Å². The van der Waals surface area contributed by atoms with E-state index in [1.54, 1.807) is 28.0 Å². The second kappa shape index (κ2) is 7.17. The van der Waals surface area contributed by atoms with Gasteiger partial charge in [0.1, 0.15) is 10.7 Å². The van der Waals surface area contributed by atoms with Crippen LogP contribution in [0.1, 0.15) is 26.7 Å². The van der Waals surface area contributed by atoms with Crippen molar-refractivity contribution in [2.24, 2.45) is 11.1 Å². The third kappa shape index (κ3) is 3.59. The number of nitrogens with zero attached hydrogens (tertiary/aromatic N) is 2. The number of benzene rings is 2. The van der Waals surface area contributed by atoms with Crippen LogP contribution in [0.3, 0.4) is 0 Å². The molecule has 0 saturated heterocycles. The van der Waals surface area contributed by atoms with Crippen LogP contribution in [-0.4, -0.2) is 32.8 Å². The second-order valence-electron chi connectivity index (χ2n) is 7.85. The average molecular weight is 431 g/mol. The Kier molecular flexibility index (Phi) is 4.90. The number of carbonyl (C=O) groups excluding carboxylic acids is 2. The predicted octanol–water partition coefficient (Wildman–Crippen LogP) is 2.64. The normalized spacial score (nSPS) is 18.9. The molecule has 0 radical (unpaired) electrons. The van der Waals surface area contributed by atoms with Gasteiger partial charge in [-0.15, -0.1) is 0 Å². The number of sulfonamides is 1. The Bertz CT molecular complexity index is 1160. The first-order chi connectivity index (χ1) is 14.1. The highest BCUT2D eigenvalue weighted by atomic mass is 32.2. The molecule has 2 aliphatic rings. The van der Waals surface area contributed by atoms with Gasteiger partial charge < -0.3 is 9.80 Å². The second-order valence-corrected chi connectivity index (χ2v) is 9.38. The molecule has 0 unspecified atom stereocenters. The van der Waals surface area contributed by atoms with E-state index in [4.69, 9.17) is 5.14 Å². The zero-order valence-corrected chi connectivity index (χ0v) is 17.4. The number of carbonyl (C=O) groups is 2. The molecule has 1 fully saturated rings. The number of hydrogen-bond acceptors (Lipinski definition) is 4. The summed E-state index contributed by atoms with van der Waals surface area (Å²) in [6.07, 6.45) is 1.71. The molecule has 1 heterocycles. The maximum atomic E-state index is 14.3. The van der Waals surface area contributed by atoms with Crippen LogP contribution in [0.4, 0.5) is 15.8 Å². The van der Waals surface area contributed by atoms with Crippen LogP contribution in [0.25, 0.3) is 11.1 Å². The fourth-order valence-corrected chi connectivity index (χ4v) is 4.54. The first-order valence-corrected chi connectivity index (χ1v) is 11.2. The van der Waals surface area contributed by atoms with Crippen molar-refractivity contribution < 1.29 is 22.4 Å². The van der Waals surface area contributed by atoms with Gasteiger partial charge in [-0.2, -0.15) is 0 Å². The summed E-state index contributed by atoms with van der Waals surface area (Å²) in [5.41, 5.74) is 2.25. The topological polar surface area (TPSA) is 101 Å². The maximum absolute atomic E-state index is 14.3. The minimum atomic E-state index is -4.16. The third-order valence-electron chi connectivity index (χ3n) is 5.52.